The van der Waals surface area contributed by atoms with E-state index in [9.17, 15) is 0 Å². The minimum atomic E-state index is 1.09. The monoisotopic (exact) mass is 162 g/mol. The summed E-state index contributed by atoms with van der Waals surface area (Å²) in [5.41, 5.74) is 4.18. The van der Waals surface area contributed by atoms with Crippen molar-refractivity contribution in [2.24, 2.45) is 7.05 Å². The predicted molar refractivity (Wildman–Crippen MR) is 47.8 cm³/mol. The van der Waals surface area contributed by atoms with Gasteiger partial charge in [0, 0.05) is 19.1 Å². The third-order valence-electron chi connectivity index (χ3n) is 2.64. The van der Waals surface area contributed by atoms with Crippen LogP contribution in [0.2, 0.25) is 0 Å². The summed E-state index contributed by atoms with van der Waals surface area (Å²) in [5.74, 6) is 0. The molecule has 1 aromatic rings. The van der Waals surface area contributed by atoms with E-state index in [1.54, 1.807) is 0 Å². The van der Waals surface area contributed by atoms with Crippen LogP contribution < -0.4 is 4.57 Å². The first kappa shape index (κ1) is 7.47. The molecule has 0 bridgehead atoms. The molecule has 62 valence electrons. The molecule has 0 radical (unpaired) electrons. The molecule has 0 unspecified atom stereocenters. The lowest BCUT2D eigenvalue weighted by Gasteiger charge is -1.92. The predicted octanol–water partition coefficient (Wildman–Crippen LogP) is 0.802. The fourth-order valence-corrected chi connectivity index (χ4v) is 1.72. The smallest absolute Gasteiger partial charge is 0.199 e. The molecule has 0 aliphatic carbocycles. The second-order valence-corrected chi connectivity index (χ2v) is 3.42. The summed E-state index contributed by atoms with van der Waals surface area (Å²) >= 11 is 0. The Morgan fingerprint density at radius 3 is 2.75 bits per heavy atom. The number of nitrogens with zero attached hydrogens (tertiary/aromatic N) is 2. The third-order valence-corrected chi connectivity index (χ3v) is 2.64. The van der Waals surface area contributed by atoms with E-state index in [1.807, 2.05) is 0 Å². The van der Waals surface area contributed by atoms with E-state index in [4.69, 9.17) is 0 Å². The van der Waals surface area contributed by atoms with Crippen molar-refractivity contribution in [3.63, 3.8) is 0 Å². The third kappa shape index (κ3) is 0.876. The van der Waals surface area contributed by atoms with Crippen molar-refractivity contribution in [2.45, 2.75) is 13.3 Å². The molecule has 2 heterocycles. The summed E-state index contributed by atoms with van der Waals surface area (Å²) in [6.07, 6.45) is 3.19. The van der Waals surface area contributed by atoms with Gasteiger partial charge in [-0.2, -0.15) is 9.14 Å². The molecular weight excluding hydrogens is 148 g/mol. The molecule has 12 heavy (non-hydrogen) atoms. The first-order valence-corrected chi connectivity index (χ1v) is 4.24. The molecule has 2 heteroatoms. The maximum Gasteiger partial charge on any atom is 0.273 e. The van der Waals surface area contributed by atoms with E-state index in [1.165, 1.54) is 17.1 Å². The molecule has 0 N–H and O–H groups in total. The molecule has 0 spiro atoms. The Balaban J connectivity index is 2.64. The molecule has 0 saturated carbocycles. The van der Waals surface area contributed by atoms with Gasteiger partial charge >= 0.3 is 0 Å². The van der Waals surface area contributed by atoms with Crippen molar-refractivity contribution in [2.75, 3.05) is 7.05 Å². The van der Waals surface area contributed by atoms with Crippen molar-refractivity contribution >= 4 is 11.4 Å². The summed E-state index contributed by atoms with van der Waals surface area (Å²) in [6, 6.07) is 4.26. The Morgan fingerprint density at radius 1 is 1.33 bits per heavy atom. The number of hydrogen-bond donors (Lipinski definition) is 0. The Kier molecular flexibility index (Phi) is 1.50. The summed E-state index contributed by atoms with van der Waals surface area (Å²) in [5, 5.41) is 0. The van der Waals surface area contributed by atoms with Gasteiger partial charge in [0.2, 0.25) is 0 Å². The zero-order valence-electron chi connectivity index (χ0n) is 7.83. The molecule has 1 aromatic heterocycles. The molecular formula is C10H14N2+2. The van der Waals surface area contributed by atoms with Crippen LogP contribution in [0.3, 0.4) is 0 Å². The molecule has 1 aliphatic rings. The second-order valence-electron chi connectivity index (χ2n) is 3.42. The topological polar surface area (TPSA) is 6.89 Å². The second kappa shape index (κ2) is 2.41. The molecule has 1 aliphatic heterocycles. The van der Waals surface area contributed by atoms with Crippen LogP contribution in [0.1, 0.15) is 12.6 Å². The van der Waals surface area contributed by atoms with Crippen molar-refractivity contribution in [3.8, 4) is 0 Å². The summed E-state index contributed by atoms with van der Waals surface area (Å²) in [7, 11) is 4.23. The number of aryl methyl sites for hydroxylation is 1. The number of aromatic nitrogens is 1. The van der Waals surface area contributed by atoms with E-state index in [2.05, 4.69) is 48.5 Å². The number of fused-ring (bicyclic) bond motifs is 1. The Bertz CT molecular complexity index is 364. The average Bonchev–Trinajstić information content (AvgIpc) is 2.32. The van der Waals surface area contributed by atoms with Crippen molar-refractivity contribution < 1.29 is 9.14 Å². The summed E-state index contributed by atoms with van der Waals surface area (Å²) < 4.78 is 4.46. The lowest BCUT2D eigenvalue weighted by atomic mass is 10.2. The van der Waals surface area contributed by atoms with Gasteiger partial charge in [-0.25, -0.2) is 0 Å². The molecule has 0 atom stereocenters. The van der Waals surface area contributed by atoms with E-state index in [0.29, 0.717) is 0 Å². The van der Waals surface area contributed by atoms with Gasteiger partial charge < -0.3 is 0 Å². The number of pyridine rings is 1. The maximum absolute atomic E-state index is 2.26. The summed E-state index contributed by atoms with van der Waals surface area (Å²) in [6.45, 7) is 2.18. The molecule has 2 nitrogen and oxygen atoms in total. The first-order valence-electron chi connectivity index (χ1n) is 4.24. The zero-order chi connectivity index (χ0) is 8.72. The van der Waals surface area contributed by atoms with Gasteiger partial charge in [-0.15, -0.1) is 0 Å². The maximum atomic E-state index is 2.26. The standard InChI is InChI=1S/C10H14N2/c1-8-7-10-9(12(8)3)5-4-6-11(10)2/h4-6H,7H2,1-3H3/q+2. The van der Waals surface area contributed by atoms with Crippen LogP contribution in [-0.2, 0) is 13.5 Å². The van der Waals surface area contributed by atoms with E-state index in [0.717, 1.165) is 6.42 Å². The van der Waals surface area contributed by atoms with Crippen LogP contribution in [-0.4, -0.2) is 17.3 Å². The van der Waals surface area contributed by atoms with Gasteiger partial charge in [0.15, 0.2) is 11.9 Å². The van der Waals surface area contributed by atoms with Crippen LogP contribution >= 0.6 is 0 Å². The van der Waals surface area contributed by atoms with Gasteiger partial charge in [0.25, 0.3) is 11.4 Å². The largest absolute Gasteiger partial charge is 0.273 e. The molecule has 2 rings (SSSR count). The highest BCUT2D eigenvalue weighted by Gasteiger charge is 2.30. The number of hydrogen-bond acceptors (Lipinski definition) is 0. The average molecular weight is 162 g/mol. The minimum Gasteiger partial charge on any atom is -0.199 e. The highest BCUT2D eigenvalue weighted by Crippen LogP contribution is 2.20. The normalized spacial score (nSPS) is 15.2. The van der Waals surface area contributed by atoms with E-state index < -0.39 is 0 Å². The minimum absolute atomic E-state index is 1.09. The quantitative estimate of drug-likeness (QED) is 0.498. The molecule has 0 fully saturated rings. The van der Waals surface area contributed by atoms with Crippen LogP contribution in [0.25, 0.3) is 0 Å². The van der Waals surface area contributed by atoms with E-state index in [-0.39, 0.29) is 0 Å². The van der Waals surface area contributed by atoms with Gasteiger partial charge in [-0.05, 0) is 0 Å². The van der Waals surface area contributed by atoms with Gasteiger partial charge in [0.1, 0.15) is 20.5 Å². The molecule has 0 amide bonds. The van der Waals surface area contributed by atoms with Crippen molar-refractivity contribution in [3.05, 3.63) is 24.0 Å². The Labute approximate surface area is 72.8 Å². The lowest BCUT2D eigenvalue weighted by Crippen LogP contribution is -2.32. The molecule has 0 aromatic carbocycles. The fourth-order valence-electron chi connectivity index (χ4n) is 1.72. The zero-order valence-corrected chi connectivity index (χ0v) is 7.83. The van der Waals surface area contributed by atoms with Crippen LogP contribution in [0.15, 0.2) is 18.3 Å². The fraction of sp³-hybridized carbons (Fsp3) is 0.400. The Morgan fingerprint density at radius 2 is 2.08 bits per heavy atom. The van der Waals surface area contributed by atoms with E-state index >= 15 is 0 Å². The Hall–Kier alpha value is -1.18. The lowest BCUT2D eigenvalue weighted by molar-refractivity contribution is -0.679. The van der Waals surface area contributed by atoms with Gasteiger partial charge in [-0.3, -0.25) is 0 Å². The number of rotatable bonds is 0. The van der Waals surface area contributed by atoms with Crippen LogP contribution in [0.5, 0.6) is 0 Å². The molecule has 0 saturated heterocycles. The van der Waals surface area contributed by atoms with Gasteiger partial charge in [-0.1, -0.05) is 0 Å². The van der Waals surface area contributed by atoms with Crippen LogP contribution in [0, 0.1) is 0 Å². The van der Waals surface area contributed by atoms with Crippen molar-refractivity contribution in [1.29, 1.82) is 0 Å². The highest BCUT2D eigenvalue weighted by atomic mass is 15.1. The summed E-state index contributed by atoms with van der Waals surface area (Å²) in [4.78, 5) is 0. The SMILES string of the molecule is CC1=[N+](C)c2ccc[n+](C)c2C1. The highest BCUT2D eigenvalue weighted by molar-refractivity contribution is 5.83. The first-order chi connectivity index (χ1) is 5.70. The van der Waals surface area contributed by atoms with Crippen molar-refractivity contribution in [1.82, 2.24) is 0 Å². The van der Waals surface area contributed by atoms with Gasteiger partial charge in [0.05, 0.1) is 0 Å². The van der Waals surface area contributed by atoms with Crippen LogP contribution in [0.4, 0.5) is 5.69 Å².